The maximum atomic E-state index is 12.3. The molecule has 3 amide bonds. The summed E-state index contributed by atoms with van der Waals surface area (Å²) in [4.78, 5) is 53.5. The molecule has 2 aromatic carbocycles. The zero-order valence-electron chi connectivity index (χ0n) is 14.2. The number of hydroxylamine groups is 2. The second-order valence-electron chi connectivity index (χ2n) is 5.81. The van der Waals surface area contributed by atoms with Gasteiger partial charge >= 0.3 is 5.97 Å². The number of imide groups is 1. The van der Waals surface area contributed by atoms with Crippen LogP contribution < -0.4 is 5.73 Å². The molecule has 8 heteroatoms. The molecule has 0 bridgehead atoms. The van der Waals surface area contributed by atoms with Crippen molar-refractivity contribution in [3.05, 3.63) is 71.3 Å². The minimum Gasteiger partial charge on any atom is -0.459 e. The third-order valence-corrected chi connectivity index (χ3v) is 3.86. The van der Waals surface area contributed by atoms with Gasteiger partial charge in [-0.3, -0.25) is 14.4 Å². The molecule has 0 aromatic heterocycles. The van der Waals surface area contributed by atoms with Gasteiger partial charge in [0.25, 0.3) is 11.8 Å². The first-order valence-electron chi connectivity index (χ1n) is 8.11. The van der Waals surface area contributed by atoms with Gasteiger partial charge in [0.05, 0.1) is 17.5 Å². The number of hydrogen-bond acceptors (Lipinski definition) is 6. The van der Waals surface area contributed by atoms with E-state index < -0.39 is 36.2 Å². The lowest BCUT2D eigenvalue weighted by atomic mass is 10.1. The number of fused-ring (bicyclic) bond motifs is 1. The van der Waals surface area contributed by atoms with Gasteiger partial charge in [-0.1, -0.05) is 42.5 Å². The highest BCUT2D eigenvalue weighted by atomic mass is 16.7. The van der Waals surface area contributed by atoms with E-state index in [9.17, 15) is 19.2 Å². The Hall–Kier alpha value is -3.52. The van der Waals surface area contributed by atoms with Crippen molar-refractivity contribution >= 4 is 23.7 Å². The van der Waals surface area contributed by atoms with Crippen LogP contribution in [0.1, 0.15) is 32.7 Å². The van der Waals surface area contributed by atoms with Crippen LogP contribution in [0.5, 0.6) is 0 Å². The van der Waals surface area contributed by atoms with Crippen LogP contribution in [-0.2, 0) is 25.8 Å². The summed E-state index contributed by atoms with van der Waals surface area (Å²) in [6, 6.07) is 15.0. The fraction of sp³-hybridized carbons (Fsp3) is 0.158. The quantitative estimate of drug-likeness (QED) is 0.580. The number of amides is 3. The van der Waals surface area contributed by atoms with Gasteiger partial charge < -0.3 is 10.5 Å². The maximum absolute atomic E-state index is 12.3. The molecule has 0 fully saturated rings. The van der Waals surface area contributed by atoms with E-state index in [0.29, 0.717) is 5.06 Å². The summed E-state index contributed by atoms with van der Waals surface area (Å²) in [5.41, 5.74) is 6.18. The fourth-order valence-corrected chi connectivity index (χ4v) is 2.56. The summed E-state index contributed by atoms with van der Waals surface area (Å²) in [5, 5.41) is 0.460. The van der Waals surface area contributed by atoms with Gasteiger partial charge in [0, 0.05) is 0 Å². The molecule has 1 aliphatic heterocycles. The molecule has 8 nitrogen and oxygen atoms in total. The van der Waals surface area contributed by atoms with Crippen LogP contribution in [0.4, 0.5) is 0 Å². The van der Waals surface area contributed by atoms with Crippen molar-refractivity contribution in [1.82, 2.24) is 5.06 Å². The summed E-state index contributed by atoms with van der Waals surface area (Å²) in [6.07, 6.45) is -2.06. The topological polar surface area (TPSA) is 116 Å². The lowest BCUT2D eigenvalue weighted by molar-refractivity contribution is -0.183. The molecule has 138 valence electrons. The summed E-state index contributed by atoms with van der Waals surface area (Å²) in [6.45, 7) is -0.0551. The number of rotatable bonds is 7. The predicted octanol–water partition coefficient (Wildman–Crippen LogP) is 1.20. The first-order valence-corrected chi connectivity index (χ1v) is 8.11. The smallest absolute Gasteiger partial charge is 0.338 e. The molecule has 1 aliphatic rings. The molecule has 1 heterocycles. The van der Waals surface area contributed by atoms with E-state index in [0.717, 1.165) is 5.56 Å². The Balaban J connectivity index is 1.72. The van der Waals surface area contributed by atoms with Gasteiger partial charge in [0.1, 0.15) is 6.61 Å². The maximum Gasteiger partial charge on any atom is 0.338 e. The first-order chi connectivity index (χ1) is 13.0. The van der Waals surface area contributed by atoms with Crippen molar-refractivity contribution in [3.63, 3.8) is 0 Å². The molecule has 0 saturated heterocycles. The minimum absolute atomic E-state index is 0.0551. The monoisotopic (exact) mass is 368 g/mol. The number of carbonyl (C=O) groups is 4. The van der Waals surface area contributed by atoms with Crippen LogP contribution in [0.3, 0.4) is 0 Å². The van der Waals surface area contributed by atoms with Crippen LogP contribution in [0.15, 0.2) is 54.6 Å². The Morgan fingerprint density at radius 2 is 1.48 bits per heavy atom. The zero-order chi connectivity index (χ0) is 19.4. The van der Waals surface area contributed by atoms with Gasteiger partial charge in [0.15, 0.2) is 6.10 Å². The Morgan fingerprint density at radius 1 is 0.926 bits per heavy atom. The van der Waals surface area contributed by atoms with Crippen LogP contribution in [0, 0.1) is 0 Å². The molecule has 1 atom stereocenters. The first kappa shape index (κ1) is 18.3. The number of carbonyl (C=O) groups excluding carboxylic acids is 4. The second-order valence-corrected chi connectivity index (χ2v) is 5.81. The van der Waals surface area contributed by atoms with Gasteiger partial charge in [0.2, 0.25) is 5.91 Å². The van der Waals surface area contributed by atoms with Crippen LogP contribution >= 0.6 is 0 Å². The highest BCUT2D eigenvalue weighted by Gasteiger charge is 2.40. The second kappa shape index (κ2) is 7.79. The van der Waals surface area contributed by atoms with Crippen molar-refractivity contribution < 1.29 is 28.8 Å². The van der Waals surface area contributed by atoms with E-state index in [1.165, 1.54) is 12.1 Å². The van der Waals surface area contributed by atoms with E-state index >= 15 is 0 Å². The Kier molecular flexibility index (Phi) is 5.28. The van der Waals surface area contributed by atoms with E-state index in [1.54, 1.807) is 36.4 Å². The van der Waals surface area contributed by atoms with Crippen molar-refractivity contribution in [2.75, 3.05) is 0 Å². The van der Waals surface area contributed by atoms with E-state index in [1.807, 2.05) is 6.07 Å². The van der Waals surface area contributed by atoms with Gasteiger partial charge in [-0.25, -0.2) is 9.63 Å². The average molecular weight is 368 g/mol. The number of nitrogens with two attached hydrogens (primary N) is 1. The predicted molar refractivity (Wildman–Crippen MR) is 91.9 cm³/mol. The fourth-order valence-electron chi connectivity index (χ4n) is 2.56. The summed E-state index contributed by atoms with van der Waals surface area (Å²) in [7, 11) is 0. The number of ether oxygens (including phenoxy) is 1. The van der Waals surface area contributed by atoms with Crippen LogP contribution in [0.2, 0.25) is 0 Å². The Bertz CT molecular complexity index is 861. The van der Waals surface area contributed by atoms with Crippen LogP contribution in [-0.4, -0.2) is 34.9 Å². The molecule has 3 rings (SSSR count). The number of esters is 1. The van der Waals surface area contributed by atoms with Crippen molar-refractivity contribution in [1.29, 1.82) is 0 Å². The number of benzene rings is 2. The van der Waals surface area contributed by atoms with Gasteiger partial charge in [-0.15, -0.1) is 5.06 Å². The van der Waals surface area contributed by atoms with Crippen molar-refractivity contribution in [3.8, 4) is 0 Å². The summed E-state index contributed by atoms with van der Waals surface area (Å²) >= 11 is 0. The standard InChI is InChI=1S/C19H16N2O6/c20-16(22)10-15(19(25)26-11-12-6-2-1-3-7-12)27-21-17(23)13-8-4-5-9-14(13)18(21)24/h1-9,15H,10-11H2,(H2,20,22)/t15-/m1/s1. The molecule has 2 N–H and O–H groups in total. The Labute approximate surface area is 154 Å². The molecular weight excluding hydrogens is 352 g/mol. The zero-order valence-corrected chi connectivity index (χ0v) is 14.2. The van der Waals surface area contributed by atoms with E-state index in [-0.39, 0.29) is 17.7 Å². The van der Waals surface area contributed by atoms with Gasteiger partial charge in [-0.2, -0.15) is 0 Å². The lowest BCUT2D eigenvalue weighted by Gasteiger charge is -2.20. The summed E-state index contributed by atoms with van der Waals surface area (Å²) < 4.78 is 5.13. The molecule has 0 spiro atoms. The number of primary amides is 1. The average Bonchev–Trinajstić information content (AvgIpc) is 2.91. The molecule has 0 unspecified atom stereocenters. The molecule has 0 saturated carbocycles. The van der Waals surface area contributed by atoms with Crippen molar-refractivity contribution in [2.24, 2.45) is 5.73 Å². The normalized spacial score (nSPS) is 14.0. The number of nitrogens with zero attached hydrogens (tertiary/aromatic N) is 1. The molecule has 0 radical (unpaired) electrons. The summed E-state index contributed by atoms with van der Waals surface area (Å²) in [5.74, 6) is -3.19. The Morgan fingerprint density at radius 3 is 2.04 bits per heavy atom. The SMILES string of the molecule is NC(=O)C[C@@H](ON1C(=O)c2ccccc2C1=O)C(=O)OCc1ccccc1. The van der Waals surface area contributed by atoms with E-state index in [2.05, 4.69) is 0 Å². The highest BCUT2D eigenvalue weighted by molar-refractivity contribution is 6.20. The minimum atomic E-state index is -1.52. The molecule has 27 heavy (non-hydrogen) atoms. The molecular formula is C19H16N2O6. The van der Waals surface area contributed by atoms with Crippen LogP contribution in [0.25, 0.3) is 0 Å². The molecule has 0 aliphatic carbocycles. The number of hydrogen-bond donors (Lipinski definition) is 1. The largest absolute Gasteiger partial charge is 0.459 e. The molecule has 2 aromatic rings. The lowest BCUT2D eigenvalue weighted by Crippen LogP contribution is -2.40. The third-order valence-electron chi connectivity index (χ3n) is 3.86. The van der Waals surface area contributed by atoms with Gasteiger partial charge in [-0.05, 0) is 17.7 Å². The van der Waals surface area contributed by atoms with Crippen molar-refractivity contribution in [2.45, 2.75) is 19.1 Å². The van der Waals surface area contributed by atoms with E-state index in [4.69, 9.17) is 15.3 Å². The highest BCUT2D eigenvalue weighted by Crippen LogP contribution is 2.24. The third kappa shape index (κ3) is 4.01.